The molecule has 1 aliphatic heterocycles. The molecule has 1 aromatic carbocycles. The Morgan fingerprint density at radius 3 is 3.08 bits per heavy atom. The lowest BCUT2D eigenvalue weighted by atomic mass is 10.2. The van der Waals surface area contributed by atoms with Gasteiger partial charge in [0.05, 0.1) is 25.2 Å². The molecule has 24 heavy (non-hydrogen) atoms. The lowest BCUT2D eigenvalue weighted by Gasteiger charge is -2.20. The SMILES string of the molecule is CC[NH+]1CCC[C@@H]1CNC(=O)CCCn1c(=O)oc2ccccc21. The van der Waals surface area contributed by atoms with Crippen molar-refractivity contribution in [2.24, 2.45) is 0 Å². The predicted molar refractivity (Wildman–Crippen MR) is 92.1 cm³/mol. The van der Waals surface area contributed by atoms with Gasteiger partial charge in [0.25, 0.3) is 0 Å². The Labute approximate surface area is 141 Å². The standard InChI is InChI=1S/C18H25N3O3/c1-2-20-11-5-7-14(20)13-19-17(22)10-6-12-21-15-8-3-4-9-16(15)24-18(21)23/h3-4,8-9,14H,2,5-7,10-13H2,1H3,(H,19,22)/p+1/t14-/m1/s1. The number of carbonyl (C=O) groups excluding carboxylic acids is 1. The topological polar surface area (TPSA) is 68.7 Å². The molecule has 0 radical (unpaired) electrons. The zero-order valence-corrected chi connectivity index (χ0v) is 14.2. The summed E-state index contributed by atoms with van der Waals surface area (Å²) in [5, 5.41) is 3.05. The van der Waals surface area contributed by atoms with Crippen LogP contribution >= 0.6 is 0 Å². The van der Waals surface area contributed by atoms with Gasteiger partial charge in [-0.25, -0.2) is 4.79 Å². The number of para-hydroxylation sites is 2. The first-order valence-electron chi connectivity index (χ1n) is 8.88. The average Bonchev–Trinajstić information content (AvgIpc) is 3.17. The van der Waals surface area contributed by atoms with Gasteiger partial charge in [0, 0.05) is 25.8 Å². The third kappa shape index (κ3) is 3.70. The van der Waals surface area contributed by atoms with Crippen LogP contribution < -0.4 is 16.0 Å². The van der Waals surface area contributed by atoms with Gasteiger partial charge in [0.1, 0.15) is 6.04 Å². The van der Waals surface area contributed by atoms with Crippen molar-refractivity contribution in [2.45, 2.75) is 45.2 Å². The maximum atomic E-state index is 12.0. The lowest BCUT2D eigenvalue weighted by Crippen LogP contribution is -3.14. The van der Waals surface area contributed by atoms with Gasteiger partial charge >= 0.3 is 5.76 Å². The normalized spacial score (nSPS) is 20.5. The fraction of sp³-hybridized carbons (Fsp3) is 0.556. The summed E-state index contributed by atoms with van der Waals surface area (Å²) >= 11 is 0. The highest BCUT2D eigenvalue weighted by Gasteiger charge is 2.26. The van der Waals surface area contributed by atoms with E-state index in [-0.39, 0.29) is 11.7 Å². The first-order valence-corrected chi connectivity index (χ1v) is 8.88. The molecule has 1 aromatic heterocycles. The van der Waals surface area contributed by atoms with Crippen LogP contribution in [-0.2, 0) is 11.3 Å². The number of rotatable bonds is 7. The minimum atomic E-state index is -0.357. The molecule has 0 saturated carbocycles. The molecule has 1 saturated heterocycles. The van der Waals surface area contributed by atoms with Crippen molar-refractivity contribution in [3.8, 4) is 0 Å². The smallest absolute Gasteiger partial charge is 0.408 e. The van der Waals surface area contributed by atoms with E-state index in [4.69, 9.17) is 4.42 Å². The summed E-state index contributed by atoms with van der Waals surface area (Å²) in [4.78, 5) is 25.5. The molecule has 1 aliphatic rings. The number of aromatic nitrogens is 1. The maximum absolute atomic E-state index is 12.0. The number of amides is 1. The summed E-state index contributed by atoms with van der Waals surface area (Å²) in [5.74, 6) is -0.289. The average molecular weight is 332 g/mol. The molecule has 130 valence electrons. The van der Waals surface area contributed by atoms with Crippen molar-refractivity contribution in [3.63, 3.8) is 0 Å². The first-order chi connectivity index (χ1) is 11.7. The van der Waals surface area contributed by atoms with Gasteiger partial charge in [-0.05, 0) is 25.5 Å². The Kier molecular flexibility index (Phi) is 5.35. The molecule has 1 fully saturated rings. The highest BCUT2D eigenvalue weighted by molar-refractivity contribution is 5.76. The van der Waals surface area contributed by atoms with Crippen LogP contribution in [0.1, 0.15) is 32.6 Å². The minimum Gasteiger partial charge on any atom is -0.408 e. The third-order valence-corrected chi connectivity index (χ3v) is 4.99. The van der Waals surface area contributed by atoms with Crippen LogP contribution in [0.4, 0.5) is 0 Å². The number of nitrogens with zero attached hydrogens (tertiary/aromatic N) is 1. The second kappa shape index (κ2) is 7.66. The Morgan fingerprint density at radius 2 is 2.25 bits per heavy atom. The van der Waals surface area contributed by atoms with Gasteiger partial charge in [0.15, 0.2) is 5.58 Å². The van der Waals surface area contributed by atoms with Crippen molar-refractivity contribution in [2.75, 3.05) is 19.6 Å². The van der Waals surface area contributed by atoms with Crippen molar-refractivity contribution in [3.05, 3.63) is 34.8 Å². The number of carbonyl (C=O) groups is 1. The summed E-state index contributed by atoms with van der Waals surface area (Å²) < 4.78 is 6.80. The van der Waals surface area contributed by atoms with E-state index in [1.165, 1.54) is 19.4 Å². The van der Waals surface area contributed by atoms with E-state index >= 15 is 0 Å². The van der Waals surface area contributed by atoms with Gasteiger partial charge in [-0.2, -0.15) is 0 Å². The number of hydrogen-bond donors (Lipinski definition) is 2. The molecule has 1 unspecified atom stereocenters. The van der Waals surface area contributed by atoms with Crippen LogP contribution in [0.5, 0.6) is 0 Å². The Hall–Kier alpha value is -2.08. The van der Waals surface area contributed by atoms with Gasteiger partial charge in [-0.15, -0.1) is 0 Å². The molecule has 0 aliphatic carbocycles. The largest absolute Gasteiger partial charge is 0.419 e. The summed E-state index contributed by atoms with van der Waals surface area (Å²) in [6.07, 6.45) is 3.50. The summed E-state index contributed by atoms with van der Waals surface area (Å²) in [6, 6.07) is 7.92. The van der Waals surface area contributed by atoms with E-state index in [0.717, 1.165) is 18.6 Å². The zero-order chi connectivity index (χ0) is 16.9. The Balaban J connectivity index is 1.46. The van der Waals surface area contributed by atoms with E-state index in [9.17, 15) is 9.59 Å². The van der Waals surface area contributed by atoms with Gasteiger partial charge in [-0.3, -0.25) is 9.36 Å². The lowest BCUT2D eigenvalue weighted by molar-refractivity contribution is -0.909. The quantitative estimate of drug-likeness (QED) is 0.778. The second-order valence-electron chi connectivity index (χ2n) is 6.50. The maximum Gasteiger partial charge on any atom is 0.419 e. The van der Waals surface area contributed by atoms with Gasteiger partial charge < -0.3 is 14.6 Å². The molecular weight excluding hydrogens is 306 g/mol. The van der Waals surface area contributed by atoms with E-state index < -0.39 is 0 Å². The second-order valence-corrected chi connectivity index (χ2v) is 6.50. The molecule has 6 nitrogen and oxygen atoms in total. The highest BCUT2D eigenvalue weighted by atomic mass is 16.4. The molecule has 6 heteroatoms. The molecular formula is C18H26N3O3+. The number of quaternary nitrogens is 1. The van der Waals surface area contributed by atoms with Crippen molar-refractivity contribution in [1.82, 2.24) is 9.88 Å². The highest BCUT2D eigenvalue weighted by Crippen LogP contribution is 2.12. The van der Waals surface area contributed by atoms with E-state index in [1.54, 1.807) is 15.5 Å². The summed E-state index contributed by atoms with van der Waals surface area (Å²) in [7, 11) is 0. The molecule has 0 spiro atoms. The summed E-state index contributed by atoms with van der Waals surface area (Å²) in [5.41, 5.74) is 1.38. The number of fused-ring (bicyclic) bond motifs is 1. The van der Waals surface area contributed by atoms with Crippen molar-refractivity contribution < 1.29 is 14.1 Å². The minimum absolute atomic E-state index is 0.0678. The Bertz CT molecular complexity index is 749. The van der Waals surface area contributed by atoms with Gasteiger partial charge in [0.2, 0.25) is 5.91 Å². The van der Waals surface area contributed by atoms with Crippen LogP contribution in [0.2, 0.25) is 0 Å². The number of likely N-dealkylation sites (N-methyl/N-ethyl adjacent to an activating group) is 1. The van der Waals surface area contributed by atoms with Crippen LogP contribution in [0, 0.1) is 0 Å². The predicted octanol–water partition coefficient (Wildman–Crippen LogP) is 0.558. The van der Waals surface area contributed by atoms with Crippen LogP contribution in [0.25, 0.3) is 11.1 Å². The van der Waals surface area contributed by atoms with Crippen LogP contribution in [0.15, 0.2) is 33.5 Å². The van der Waals surface area contributed by atoms with Crippen LogP contribution in [-0.4, -0.2) is 36.2 Å². The molecule has 2 aromatic rings. The first kappa shape index (κ1) is 16.8. The monoisotopic (exact) mass is 332 g/mol. The Morgan fingerprint density at radius 1 is 1.42 bits per heavy atom. The fourth-order valence-electron chi connectivity index (χ4n) is 3.64. The molecule has 3 rings (SSSR count). The number of nitrogens with one attached hydrogen (secondary N) is 2. The molecule has 2 N–H and O–H groups in total. The molecule has 2 atom stereocenters. The van der Waals surface area contributed by atoms with E-state index in [2.05, 4.69) is 12.2 Å². The van der Waals surface area contributed by atoms with Crippen molar-refractivity contribution in [1.29, 1.82) is 0 Å². The third-order valence-electron chi connectivity index (χ3n) is 4.99. The van der Waals surface area contributed by atoms with Crippen molar-refractivity contribution >= 4 is 17.0 Å². The number of likely N-dealkylation sites (tertiary alicyclic amines) is 1. The van der Waals surface area contributed by atoms with E-state index in [1.807, 2.05) is 18.2 Å². The molecule has 1 amide bonds. The van der Waals surface area contributed by atoms with Gasteiger partial charge in [-0.1, -0.05) is 12.1 Å². The van der Waals surface area contributed by atoms with Crippen LogP contribution in [0.3, 0.4) is 0 Å². The zero-order valence-electron chi connectivity index (χ0n) is 14.2. The number of oxazole rings is 1. The number of benzene rings is 1. The van der Waals surface area contributed by atoms with E-state index in [0.29, 0.717) is 31.0 Å². The summed E-state index contributed by atoms with van der Waals surface area (Å²) in [6.45, 7) is 5.79. The molecule has 0 bridgehead atoms. The number of aryl methyl sites for hydroxylation is 1. The number of hydrogen-bond acceptors (Lipinski definition) is 3. The fourth-order valence-corrected chi connectivity index (χ4v) is 3.64. The molecule has 2 heterocycles.